The van der Waals surface area contributed by atoms with Crippen LogP contribution in [0.2, 0.25) is 0 Å². The van der Waals surface area contributed by atoms with E-state index < -0.39 is 0 Å². The van der Waals surface area contributed by atoms with Crippen molar-refractivity contribution in [1.29, 1.82) is 0 Å². The van der Waals surface area contributed by atoms with Gasteiger partial charge in [-0.05, 0) is 48.8 Å². The molecule has 3 atom stereocenters. The zero-order valence-electron chi connectivity index (χ0n) is 20.0. The lowest BCUT2D eigenvalue weighted by molar-refractivity contribution is -0.143. The molecular weight excluding hydrogens is 412 g/mol. The molecule has 3 unspecified atom stereocenters. The van der Waals surface area contributed by atoms with Crippen molar-refractivity contribution >= 4 is 18.6 Å². The quantitative estimate of drug-likeness (QED) is 0.249. The molecule has 0 aliphatic carbocycles. The van der Waals surface area contributed by atoms with Crippen LogP contribution < -0.4 is 9.47 Å². The highest BCUT2D eigenvalue weighted by Crippen LogP contribution is 2.40. The first-order valence-electron chi connectivity index (χ1n) is 11.4. The normalized spacial score (nSPS) is 18.7. The zero-order valence-corrected chi connectivity index (χ0v) is 20.9. The Bertz CT molecular complexity index is 698. The first-order valence-corrected chi connectivity index (χ1v) is 11.8. The molecule has 31 heavy (non-hydrogen) atoms. The number of ether oxygens (including phenoxy) is 4. The molecule has 1 heterocycles. The molecule has 1 fully saturated rings. The number of hydrogen-bond acceptors (Lipinski definition) is 6. The van der Waals surface area contributed by atoms with Crippen LogP contribution in [0.25, 0.3) is 0 Å². The maximum Gasteiger partial charge on any atom is 0.306 e. The number of methoxy groups -OCH3 is 2. The van der Waals surface area contributed by atoms with Gasteiger partial charge in [-0.2, -0.15) is 12.6 Å². The minimum absolute atomic E-state index is 0.0446. The monoisotopic (exact) mass is 452 g/mol. The summed E-state index contributed by atoms with van der Waals surface area (Å²) < 4.78 is 22.0. The standard InChI is InChI=1S/C25H40O5S/c1-17(2)19(16-20(25(3,4)31)21-10-11-24(26)30-21)14-18-8-9-22(28-6)23(15-18)29-13-7-12-27-5/h8-9,15,17,19-21,31H,7,10-14,16H2,1-6H3. The predicted molar refractivity (Wildman–Crippen MR) is 127 cm³/mol. The largest absolute Gasteiger partial charge is 0.493 e. The van der Waals surface area contributed by atoms with E-state index in [0.29, 0.717) is 31.5 Å². The van der Waals surface area contributed by atoms with E-state index in [9.17, 15) is 4.79 Å². The Balaban J connectivity index is 2.15. The summed E-state index contributed by atoms with van der Waals surface area (Å²) in [5, 5.41) is 0. The molecule has 5 nitrogen and oxygen atoms in total. The Morgan fingerprint density at radius 3 is 2.48 bits per heavy atom. The molecule has 1 aromatic carbocycles. The highest BCUT2D eigenvalue weighted by atomic mass is 32.1. The van der Waals surface area contributed by atoms with Crippen LogP contribution in [0, 0.1) is 17.8 Å². The average Bonchev–Trinajstić information content (AvgIpc) is 3.13. The molecule has 2 rings (SSSR count). The summed E-state index contributed by atoms with van der Waals surface area (Å²) >= 11 is 4.88. The topological polar surface area (TPSA) is 54.0 Å². The van der Waals surface area contributed by atoms with Gasteiger partial charge >= 0.3 is 5.97 Å². The average molecular weight is 453 g/mol. The van der Waals surface area contributed by atoms with Gasteiger partial charge in [-0.3, -0.25) is 4.79 Å². The van der Waals surface area contributed by atoms with Gasteiger partial charge in [0.1, 0.15) is 6.10 Å². The molecule has 0 radical (unpaired) electrons. The number of hydrogen-bond donors (Lipinski definition) is 1. The number of esters is 1. The van der Waals surface area contributed by atoms with Crippen LogP contribution >= 0.6 is 12.6 Å². The molecule has 1 aromatic rings. The molecule has 176 valence electrons. The first-order chi connectivity index (χ1) is 14.7. The van der Waals surface area contributed by atoms with Crippen LogP contribution in [0.15, 0.2) is 18.2 Å². The molecular formula is C25H40O5S. The van der Waals surface area contributed by atoms with Crippen LogP contribution in [0.1, 0.15) is 58.9 Å². The number of benzene rings is 1. The highest BCUT2D eigenvalue weighted by molar-refractivity contribution is 7.81. The molecule has 0 aromatic heterocycles. The summed E-state index contributed by atoms with van der Waals surface area (Å²) in [5.74, 6) is 2.56. The van der Waals surface area contributed by atoms with Crippen LogP contribution in [-0.2, 0) is 20.7 Å². The van der Waals surface area contributed by atoms with Gasteiger partial charge in [-0.25, -0.2) is 0 Å². The van der Waals surface area contributed by atoms with E-state index in [1.54, 1.807) is 14.2 Å². The Kier molecular flexibility index (Phi) is 10.0. The lowest BCUT2D eigenvalue weighted by Crippen LogP contribution is -2.38. The number of carbonyl (C=O) groups is 1. The van der Waals surface area contributed by atoms with Crippen molar-refractivity contribution in [3.63, 3.8) is 0 Å². The van der Waals surface area contributed by atoms with E-state index in [2.05, 4.69) is 39.8 Å². The summed E-state index contributed by atoms with van der Waals surface area (Å²) in [4.78, 5) is 11.7. The summed E-state index contributed by atoms with van der Waals surface area (Å²) in [7, 11) is 3.36. The van der Waals surface area contributed by atoms with Crippen molar-refractivity contribution in [2.45, 2.75) is 70.7 Å². The minimum Gasteiger partial charge on any atom is -0.493 e. The first kappa shape index (κ1) is 25.9. The lowest BCUT2D eigenvalue weighted by atomic mass is 9.75. The second kappa shape index (κ2) is 12.0. The van der Waals surface area contributed by atoms with Crippen molar-refractivity contribution in [2.75, 3.05) is 27.4 Å². The molecule has 0 bridgehead atoms. The zero-order chi connectivity index (χ0) is 23.0. The third-order valence-electron chi connectivity index (χ3n) is 6.25. The van der Waals surface area contributed by atoms with Crippen molar-refractivity contribution in [3.8, 4) is 11.5 Å². The van der Waals surface area contributed by atoms with E-state index in [1.165, 1.54) is 5.56 Å². The molecule has 0 saturated carbocycles. The van der Waals surface area contributed by atoms with Crippen molar-refractivity contribution in [2.24, 2.45) is 17.8 Å². The molecule has 0 amide bonds. The molecule has 6 heteroatoms. The fourth-order valence-electron chi connectivity index (χ4n) is 4.29. The maximum absolute atomic E-state index is 11.7. The molecule has 1 saturated heterocycles. The Morgan fingerprint density at radius 1 is 1.19 bits per heavy atom. The third-order valence-corrected chi connectivity index (χ3v) is 6.58. The van der Waals surface area contributed by atoms with Crippen LogP contribution in [0.4, 0.5) is 0 Å². The van der Waals surface area contributed by atoms with E-state index in [0.717, 1.165) is 37.2 Å². The molecule has 0 N–H and O–H groups in total. The van der Waals surface area contributed by atoms with Crippen molar-refractivity contribution < 1.29 is 23.7 Å². The fraction of sp³-hybridized carbons (Fsp3) is 0.720. The Labute approximate surface area is 193 Å². The second-order valence-corrected chi connectivity index (χ2v) is 10.6. The number of carbonyl (C=O) groups excluding carboxylic acids is 1. The molecule has 1 aliphatic heterocycles. The molecule has 0 spiro atoms. The summed E-state index contributed by atoms with van der Waals surface area (Å²) in [6.45, 7) is 10.0. The SMILES string of the molecule is COCCCOc1cc(CC(CC(C2CCC(=O)O2)C(C)(C)S)C(C)C)ccc1OC. The van der Waals surface area contributed by atoms with Gasteiger partial charge < -0.3 is 18.9 Å². The van der Waals surface area contributed by atoms with Crippen molar-refractivity contribution in [3.05, 3.63) is 23.8 Å². The van der Waals surface area contributed by atoms with Crippen LogP contribution in [0.3, 0.4) is 0 Å². The minimum atomic E-state index is -0.224. The van der Waals surface area contributed by atoms with Gasteiger partial charge in [-0.1, -0.05) is 33.8 Å². The van der Waals surface area contributed by atoms with Gasteiger partial charge in [0.2, 0.25) is 0 Å². The smallest absolute Gasteiger partial charge is 0.306 e. The molecule has 1 aliphatic rings. The third kappa shape index (κ3) is 7.90. The maximum atomic E-state index is 11.7. The van der Waals surface area contributed by atoms with Crippen molar-refractivity contribution in [1.82, 2.24) is 0 Å². The van der Waals surface area contributed by atoms with E-state index in [4.69, 9.17) is 31.6 Å². The van der Waals surface area contributed by atoms with Gasteiger partial charge in [0, 0.05) is 37.2 Å². The van der Waals surface area contributed by atoms with Gasteiger partial charge in [-0.15, -0.1) is 0 Å². The Hall–Kier alpha value is -1.40. The van der Waals surface area contributed by atoms with Gasteiger partial charge in [0.25, 0.3) is 0 Å². The lowest BCUT2D eigenvalue weighted by Gasteiger charge is -2.37. The second-order valence-electron chi connectivity index (χ2n) is 9.45. The number of rotatable bonds is 13. The summed E-state index contributed by atoms with van der Waals surface area (Å²) in [6.07, 6.45) is 3.98. The number of thiol groups is 1. The van der Waals surface area contributed by atoms with E-state index in [1.807, 2.05) is 6.07 Å². The van der Waals surface area contributed by atoms with Crippen LogP contribution in [0.5, 0.6) is 11.5 Å². The fourth-order valence-corrected chi connectivity index (χ4v) is 4.56. The summed E-state index contributed by atoms with van der Waals surface area (Å²) in [5.41, 5.74) is 1.22. The summed E-state index contributed by atoms with van der Waals surface area (Å²) in [6, 6.07) is 6.20. The van der Waals surface area contributed by atoms with Gasteiger partial charge in [0.15, 0.2) is 11.5 Å². The van der Waals surface area contributed by atoms with Gasteiger partial charge in [0.05, 0.1) is 13.7 Å². The number of cyclic esters (lactones) is 1. The van der Waals surface area contributed by atoms with E-state index in [-0.39, 0.29) is 22.7 Å². The van der Waals surface area contributed by atoms with Crippen LogP contribution in [-0.4, -0.2) is 44.3 Å². The predicted octanol–water partition coefficient (Wildman–Crippen LogP) is 5.35. The Morgan fingerprint density at radius 2 is 1.94 bits per heavy atom. The van der Waals surface area contributed by atoms with E-state index >= 15 is 0 Å². The highest BCUT2D eigenvalue weighted by Gasteiger charge is 2.40.